The highest BCUT2D eigenvalue weighted by atomic mass is 35.5. The molecular weight excluding hydrogens is 270 g/mol. The number of nitrogens with zero attached hydrogens (tertiary/aromatic N) is 3. The highest BCUT2D eigenvalue weighted by Crippen LogP contribution is 2.32. The summed E-state index contributed by atoms with van der Waals surface area (Å²) in [7, 11) is 0. The number of carbonyl (C=O) groups excluding carboxylic acids is 1. The first kappa shape index (κ1) is 12.9. The fourth-order valence-corrected chi connectivity index (χ4v) is 1.69. The second kappa shape index (κ2) is 5.37. The SMILES string of the molecule is N#CCOc1ccc(Cl)cc1-c1n[nH]nc1C(N)=O. The van der Waals surface area contributed by atoms with E-state index in [0.717, 1.165) is 0 Å². The van der Waals surface area contributed by atoms with E-state index >= 15 is 0 Å². The van der Waals surface area contributed by atoms with E-state index in [-0.39, 0.29) is 18.0 Å². The molecule has 0 spiro atoms. The van der Waals surface area contributed by atoms with Gasteiger partial charge in [0, 0.05) is 10.6 Å². The van der Waals surface area contributed by atoms with Gasteiger partial charge in [-0.05, 0) is 18.2 Å². The predicted octanol–water partition coefficient (Wildman–Crippen LogP) is 1.13. The van der Waals surface area contributed by atoms with Gasteiger partial charge in [-0.15, -0.1) is 0 Å². The number of hydrogen-bond acceptors (Lipinski definition) is 5. The number of halogens is 1. The van der Waals surface area contributed by atoms with Crippen molar-refractivity contribution >= 4 is 17.5 Å². The Labute approximate surface area is 112 Å². The number of nitriles is 1. The standard InChI is InChI=1S/C11H8ClN5O2/c12-6-1-2-8(19-4-3-13)7(5-6)9-10(11(14)18)16-17-15-9/h1-2,5H,4H2,(H2,14,18)(H,15,16,17). The Morgan fingerprint density at radius 1 is 1.53 bits per heavy atom. The number of benzene rings is 1. The van der Waals surface area contributed by atoms with Gasteiger partial charge in [0.05, 0.1) is 0 Å². The third-order valence-electron chi connectivity index (χ3n) is 2.27. The molecule has 0 atom stereocenters. The largest absolute Gasteiger partial charge is 0.478 e. The van der Waals surface area contributed by atoms with Crippen molar-refractivity contribution in [2.24, 2.45) is 5.73 Å². The molecule has 2 rings (SSSR count). The lowest BCUT2D eigenvalue weighted by atomic mass is 10.1. The van der Waals surface area contributed by atoms with Crippen LogP contribution in [0.1, 0.15) is 10.5 Å². The van der Waals surface area contributed by atoms with Gasteiger partial charge in [0.25, 0.3) is 5.91 Å². The van der Waals surface area contributed by atoms with E-state index in [9.17, 15) is 4.79 Å². The van der Waals surface area contributed by atoms with Crippen molar-refractivity contribution in [2.45, 2.75) is 0 Å². The lowest BCUT2D eigenvalue weighted by molar-refractivity contribution is 0.0996. The smallest absolute Gasteiger partial charge is 0.271 e. The average molecular weight is 278 g/mol. The second-order valence-corrected chi connectivity index (χ2v) is 3.91. The highest BCUT2D eigenvalue weighted by molar-refractivity contribution is 6.31. The lowest BCUT2D eigenvalue weighted by Gasteiger charge is -2.08. The Morgan fingerprint density at radius 2 is 2.32 bits per heavy atom. The maximum Gasteiger partial charge on any atom is 0.271 e. The molecule has 0 radical (unpaired) electrons. The molecule has 0 fully saturated rings. The molecule has 8 heteroatoms. The van der Waals surface area contributed by atoms with Crippen LogP contribution in [0.3, 0.4) is 0 Å². The predicted molar refractivity (Wildman–Crippen MR) is 66.5 cm³/mol. The van der Waals surface area contributed by atoms with E-state index in [1.807, 2.05) is 6.07 Å². The number of rotatable bonds is 4. The summed E-state index contributed by atoms with van der Waals surface area (Å²) in [6, 6.07) is 6.58. The van der Waals surface area contributed by atoms with E-state index in [4.69, 9.17) is 27.3 Å². The zero-order valence-corrected chi connectivity index (χ0v) is 10.3. The van der Waals surface area contributed by atoms with Gasteiger partial charge in [0.15, 0.2) is 12.3 Å². The summed E-state index contributed by atoms with van der Waals surface area (Å²) in [6.07, 6.45) is 0. The van der Waals surface area contributed by atoms with E-state index in [1.54, 1.807) is 18.2 Å². The Bertz CT molecular complexity index is 661. The van der Waals surface area contributed by atoms with Gasteiger partial charge in [-0.2, -0.15) is 20.7 Å². The topological polar surface area (TPSA) is 118 Å². The number of nitrogens with two attached hydrogens (primary N) is 1. The maximum atomic E-state index is 11.2. The van der Waals surface area contributed by atoms with Gasteiger partial charge in [0.2, 0.25) is 0 Å². The summed E-state index contributed by atoms with van der Waals surface area (Å²) in [5.74, 6) is -0.364. The molecule has 3 N–H and O–H groups in total. The lowest BCUT2D eigenvalue weighted by Crippen LogP contribution is -2.13. The fourth-order valence-electron chi connectivity index (χ4n) is 1.51. The van der Waals surface area contributed by atoms with E-state index in [2.05, 4.69) is 15.4 Å². The van der Waals surface area contributed by atoms with Crippen LogP contribution in [-0.4, -0.2) is 27.9 Å². The van der Waals surface area contributed by atoms with Gasteiger partial charge in [-0.25, -0.2) is 0 Å². The van der Waals surface area contributed by atoms with Crippen molar-refractivity contribution in [1.82, 2.24) is 15.4 Å². The third kappa shape index (κ3) is 2.64. The molecule has 19 heavy (non-hydrogen) atoms. The first-order valence-electron chi connectivity index (χ1n) is 5.13. The zero-order chi connectivity index (χ0) is 13.8. The summed E-state index contributed by atoms with van der Waals surface area (Å²) < 4.78 is 5.25. The molecule has 0 bridgehead atoms. The van der Waals surface area contributed by atoms with Crippen molar-refractivity contribution < 1.29 is 9.53 Å². The normalized spacial score (nSPS) is 9.89. The van der Waals surface area contributed by atoms with Crippen molar-refractivity contribution in [3.63, 3.8) is 0 Å². The molecule has 2 aromatic rings. The minimum Gasteiger partial charge on any atom is -0.478 e. The molecule has 1 heterocycles. The van der Waals surface area contributed by atoms with Crippen molar-refractivity contribution in [1.29, 1.82) is 5.26 Å². The Balaban J connectivity index is 2.53. The summed E-state index contributed by atoms with van der Waals surface area (Å²) in [4.78, 5) is 11.2. The first-order valence-corrected chi connectivity index (χ1v) is 5.51. The summed E-state index contributed by atoms with van der Waals surface area (Å²) in [6.45, 7) is -0.140. The van der Waals surface area contributed by atoms with Gasteiger partial charge in [0.1, 0.15) is 17.5 Å². The van der Waals surface area contributed by atoms with Gasteiger partial charge in [-0.3, -0.25) is 4.79 Å². The summed E-state index contributed by atoms with van der Waals surface area (Å²) >= 11 is 5.90. The van der Waals surface area contributed by atoms with E-state index in [1.165, 1.54) is 0 Å². The number of amides is 1. The van der Waals surface area contributed by atoms with Crippen LogP contribution in [0, 0.1) is 11.3 Å². The molecule has 96 valence electrons. The molecule has 0 aliphatic rings. The number of ether oxygens (including phenoxy) is 1. The van der Waals surface area contributed by atoms with Gasteiger partial charge >= 0.3 is 0 Å². The third-order valence-corrected chi connectivity index (χ3v) is 2.51. The molecule has 0 saturated heterocycles. The van der Waals surface area contributed by atoms with Crippen LogP contribution < -0.4 is 10.5 Å². The molecule has 0 aliphatic carbocycles. The van der Waals surface area contributed by atoms with E-state index < -0.39 is 5.91 Å². The van der Waals surface area contributed by atoms with Crippen molar-refractivity contribution in [3.05, 3.63) is 28.9 Å². The number of H-pyrrole nitrogens is 1. The Hall–Kier alpha value is -2.59. The quantitative estimate of drug-likeness (QED) is 0.868. The second-order valence-electron chi connectivity index (χ2n) is 3.47. The van der Waals surface area contributed by atoms with Crippen LogP contribution in [0.5, 0.6) is 5.75 Å². The Morgan fingerprint density at radius 3 is 3.00 bits per heavy atom. The maximum absolute atomic E-state index is 11.2. The van der Waals surface area contributed by atoms with Crippen LogP contribution in [-0.2, 0) is 0 Å². The number of hydrogen-bond donors (Lipinski definition) is 2. The minimum atomic E-state index is -0.727. The molecule has 0 saturated carbocycles. The number of nitrogens with one attached hydrogen (secondary N) is 1. The summed E-state index contributed by atoms with van der Waals surface area (Å²) in [5, 5.41) is 18.8. The molecule has 1 aromatic heterocycles. The molecular formula is C11H8ClN5O2. The van der Waals surface area contributed by atoms with Gasteiger partial charge in [-0.1, -0.05) is 11.6 Å². The van der Waals surface area contributed by atoms with Crippen LogP contribution in [0.2, 0.25) is 5.02 Å². The zero-order valence-electron chi connectivity index (χ0n) is 9.55. The number of aromatic nitrogens is 3. The first-order chi connectivity index (χ1) is 9.13. The van der Waals surface area contributed by atoms with Crippen molar-refractivity contribution in [3.8, 4) is 23.1 Å². The number of carbonyl (C=O) groups is 1. The minimum absolute atomic E-state index is 0.0240. The molecule has 7 nitrogen and oxygen atoms in total. The number of aromatic amines is 1. The monoisotopic (exact) mass is 277 g/mol. The van der Waals surface area contributed by atoms with Crippen LogP contribution in [0.25, 0.3) is 11.3 Å². The van der Waals surface area contributed by atoms with Crippen LogP contribution >= 0.6 is 11.6 Å². The van der Waals surface area contributed by atoms with Gasteiger partial charge < -0.3 is 10.5 Å². The van der Waals surface area contributed by atoms with E-state index in [0.29, 0.717) is 16.3 Å². The summed E-state index contributed by atoms with van der Waals surface area (Å²) in [5.41, 5.74) is 5.83. The highest BCUT2D eigenvalue weighted by Gasteiger charge is 2.19. The Kier molecular flexibility index (Phi) is 3.63. The van der Waals surface area contributed by atoms with Crippen molar-refractivity contribution in [2.75, 3.05) is 6.61 Å². The van der Waals surface area contributed by atoms with Crippen LogP contribution in [0.4, 0.5) is 0 Å². The average Bonchev–Trinajstić information content (AvgIpc) is 2.86. The molecule has 0 aliphatic heterocycles. The van der Waals surface area contributed by atoms with Crippen LogP contribution in [0.15, 0.2) is 18.2 Å². The fraction of sp³-hybridized carbons (Fsp3) is 0.0909. The molecule has 1 amide bonds. The molecule has 0 unspecified atom stereocenters. The number of primary amides is 1. The molecule has 1 aromatic carbocycles.